The summed E-state index contributed by atoms with van der Waals surface area (Å²) in [6.45, 7) is 0. The van der Waals surface area contributed by atoms with Gasteiger partial charge in [-0.05, 0) is 25.0 Å². The van der Waals surface area contributed by atoms with E-state index < -0.39 is 5.54 Å². The van der Waals surface area contributed by atoms with Crippen LogP contribution in [0, 0.1) is 0 Å². The maximum absolute atomic E-state index is 12.5. The number of fused-ring (bicyclic) bond motifs is 1. The molecule has 0 atom stereocenters. The van der Waals surface area contributed by atoms with E-state index in [9.17, 15) is 9.59 Å². The average molecular weight is 339 g/mol. The number of pyridine rings is 1. The zero-order valence-electron chi connectivity index (χ0n) is 12.0. The molecule has 1 aliphatic carbocycles. The minimum atomic E-state index is -0.891. The van der Waals surface area contributed by atoms with Gasteiger partial charge in [0.25, 0.3) is 5.91 Å². The van der Waals surface area contributed by atoms with Crippen molar-refractivity contribution in [3.8, 4) is 0 Å². The maximum atomic E-state index is 12.5. The number of rotatable bonds is 3. The van der Waals surface area contributed by atoms with Crippen molar-refractivity contribution >= 4 is 44.9 Å². The van der Waals surface area contributed by atoms with Crippen LogP contribution in [0.5, 0.6) is 0 Å². The number of amides is 1. The summed E-state index contributed by atoms with van der Waals surface area (Å²) in [7, 11) is 1.35. The topological polar surface area (TPSA) is 68.3 Å². The van der Waals surface area contributed by atoms with Gasteiger partial charge in [-0.15, -0.1) is 11.3 Å². The Balaban J connectivity index is 1.87. The molecule has 116 valence electrons. The van der Waals surface area contributed by atoms with Gasteiger partial charge in [0.15, 0.2) is 0 Å². The Hall–Kier alpha value is -1.66. The quantitative estimate of drug-likeness (QED) is 0.689. The number of thiophene rings is 1. The molecule has 7 heteroatoms. The first-order chi connectivity index (χ1) is 10.5. The summed E-state index contributed by atoms with van der Waals surface area (Å²) < 4.78 is 5.76. The summed E-state index contributed by atoms with van der Waals surface area (Å²) in [5.74, 6) is -0.631. The Morgan fingerprint density at radius 1 is 1.36 bits per heavy atom. The first-order valence-electron chi connectivity index (χ1n) is 7.00. The molecule has 2 aromatic rings. The van der Waals surface area contributed by atoms with Crippen molar-refractivity contribution < 1.29 is 14.3 Å². The highest BCUT2D eigenvalue weighted by molar-refractivity contribution is 7.20. The van der Waals surface area contributed by atoms with Gasteiger partial charge < -0.3 is 10.1 Å². The third-order valence-corrected chi connectivity index (χ3v) is 5.28. The lowest BCUT2D eigenvalue weighted by Crippen LogP contribution is -2.53. The van der Waals surface area contributed by atoms with Crippen molar-refractivity contribution in [1.29, 1.82) is 0 Å². The average Bonchev–Trinajstić information content (AvgIpc) is 3.13. The number of carbonyl (C=O) groups is 2. The SMILES string of the molecule is COC(=O)C1(NC(=O)c2cc3cnc(Cl)cc3s2)CCCC1. The Morgan fingerprint density at radius 2 is 2.09 bits per heavy atom. The summed E-state index contributed by atoms with van der Waals surface area (Å²) in [4.78, 5) is 29.1. The third kappa shape index (κ3) is 2.68. The van der Waals surface area contributed by atoms with Crippen LogP contribution in [0.25, 0.3) is 10.1 Å². The largest absolute Gasteiger partial charge is 0.467 e. The second-order valence-electron chi connectivity index (χ2n) is 5.39. The zero-order chi connectivity index (χ0) is 15.7. The van der Waals surface area contributed by atoms with Crippen molar-refractivity contribution in [3.05, 3.63) is 28.4 Å². The summed E-state index contributed by atoms with van der Waals surface area (Å²) >= 11 is 7.19. The van der Waals surface area contributed by atoms with Gasteiger partial charge in [0.05, 0.1) is 12.0 Å². The molecule has 3 rings (SSSR count). The summed E-state index contributed by atoms with van der Waals surface area (Å²) in [6.07, 6.45) is 4.67. The predicted octanol–water partition coefficient (Wildman–Crippen LogP) is 3.17. The van der Waals surface area contributed by atoms with Crippen LogP contribution in [0.15, 0.2) is 18.3 Å². The fourth-order valence-corrected chi connectivity index (χ4v) is 4.04. The van der Waals surface area contributed by atoms with Crippen LogP contribution < -0.4 is 5.32 Å². The van der Waals surface area contributed by atoms with Crippen LogP contribution in [-0.2, 0) is 9.53 Å². The van der Waals surface area contributed by atoms with E-state index in [4.69, 9.17) is 16.3 Å². The molecule has 0 aliphatic heterocycles. The van der Waals surface area contributed by atoms with E-state index in [-0.39, 0.29) is 11.9 Å². The van der Waals surface area contributed by atoms with Crippen LogP contribution >= 0.6 is 22.9 Å². The van der Waals surface area contributed by atoms with E-state index in [0.29, 0.717) is 22.9 Å². The second kappa shape index (κ2) is 5.85. The molecule has 1 fully saturated rings. The second-order valence-corrected chi connectivity index (χ2v) is 6.86. The van der Waals surface area contributed by atoms with Gasteiger partial charge in [-0.25, -0.2) is 9.78 Å². The summed E-state index contributed by atoms with van der Waals surface area (Å²) in [5, 5.41) is 4.13. The van der Waals surface area contributed by atoms with E-state index in [1.54, 1.807) is 18.3 Å². The van der Waals surface area contributed by atoms with E-state index >= 15 is 0 Å². The maximum Gasteiger partial charge on any atom is 0.331 e. The van der Waals surface area contributed by atoms with E-state index in [1.807, 2.05) is 0 Å². The lowest BCUT2D eigenvalue weighted by molar-refractivity contribution is -0.148. The first-order valence-corrected chi connectivity index (χ1v) is 8.19. The van der Waals surface area contributed by atoms with Crippen LogP contribution in [0.1, 0.15) is 35.4 Å². The molecule has 5 nitrogen and oxygen atoms in total. The normalized spacial score (nSPS) is 16.6. The highest BCUT2D eigenvalue weighted by atomic mass is 35.5. The van der Waals surface area contributed by atoms with Crippen molar-refractivity contribution in [2.45, 2.75) is 31.2 Å². The number of hydrogen-bond acceptors (Lipinski definition) is 5. The van der Waals surface area contributed by atoms with E-state index in [0.717, 1.165) is 22.9 Å². The fourth-order valence-electron chi connectivity index (χ4n) is 2.85. The van der Waals surface area contributed by atoms with Crippen molar-refractivity contribution in [1.82, 2.24) is 10.3 Å². The molecule has 1 saturated carbocycles. The Morgan fingerprint density at radius 3 is 2.77 bits per heavy atom. The molecule has 1 aliphatic rings. The molecule has 2 heterocycles. The number of hydrogen-bond donors (Lipinski definition) is 1. The Bertz CT molecular complexity index is 737. The highest BCUT2D eigenvalue weighted by Crippen LogP contribution is 2.32. The van der Waals surface area contributed by atoms with E-state index in [1.165, 1.54) is 18.4 Å². The van der Waals surface area contributed by atoms with Crippen molar-refractivity contribution in [2.75, 3.05) is 7.11 Å². The molecular weight excluding hydrogens is 324 g/mol. The number of nitrogens with zero attached hydrogens (tertiary/aromatic N) is 1. The smallest absolute Gasteiger partial charge is 0.331 e. The molecule has 1 N–H and O–H groups in total. The molecule has 0 bridgehead atoms. The van der Waals surface area contributed by atoms with Gasteiger partial charge in [-0.1, -0.05) is 24.4 Å². The van der Waals surface area contributed by atoms with Crippen molar-refractivity contribution in [2.24, 2.45) is 0 Å². The number of nitrogens with one attached hydrogen (secondary N) is 1. The Kier molecular flexibility index (Phi) is 4.06. The summed E-state index contributed by atoms with van der Waals surface area (Å²) in [5.41, 5.74) is -0.891. The van der Waals surface area contributed by atoms with Crippen LogP contribution in [-0.4, -0.2) is 29.5 Å². The third-order valence-electron chi connectivity index (χ3n) is 3.98. The van der Waals surface area contributed by atoms with Gasteiger partial charge in [0.1, 0.15) is 10.7 Å². The van der Waals surface area contributed by atoms with Gasteiger partial charge in [-0.3, -0.25) is 4.79 Å². The molecule has 0 spiro atoms. The van der Waals surface area contributed by atoms with Crippen molar-refractivity contribution in [3.63, 3.8) is 0 Å². The van der Waals surface area contributed by atoms with Crippen LogP contribution in [0.4, 0.5) is 0 Å². The standard InChI is InChI=1S/C15H15ClN2O3S/c1-21-14(20)15(4-2-3-5-15)18-13(19)11-6-9-8-17-12(16)7-10(9)22-11/h6-8H,2-5H2,1H3,(H,18,19). The molecule has 0 unspecified atom stereocenters. The number of carbonyl (C=O) groups excluding carboxylic acids is 2. The lowest BCUT2D eigenvalue weighted by atomic mass is 9.97. The molecule has 2 aromatic heterocycles. The number of ether oxygens (including phenoxy) is 1. The van der Waals surface area contributed by atoms with Crippen LogP contribution in [0.3, 0.4) is 0 Å². The van der Waals surface area contributed by atoms with Gasteiger partial charge >= 0.3 is 5.97 Å². The summed E-state index contributed by atoms with van der Waals surface area (Å²) in [6, 6.07) is 3.49. The fraction of sp³-hybridized carbons (Fsp3) is 0.400. The number of esters is 1. The zero-order valence-corrected chi connectivity index (χ0v) is 13.6. The van der Waals surface area contributed by atoms with E-state index in [2.05, 4.69) is 10.3 Å². The minimum Gasteiger partial charge on any atom is -0.467 e. The van der Waals surface area contributed by atoms with Gasteiger partial charge in [-0.2, -0.15) is 0 Å². The number of aromatic nitrogens is 1. The molecular formula is C15H15ClN2O3S. The minimum absolute atomic E-state index is 0.260. The molecule has 0 aromatic carbocycles. The monoisotopic (exact) mass is 338 g/mol. The molecule has 22 heavy (non-hydrogen) atoms. The Labute approximate surface area is 136 Å². The van der Waals surface area contributed by atoms with Crippen LogP contribution in [0.2, 0.25) is 5.15 Å². The highest BCUT2D eigenvalue weighted by Gasteiger charge is 2.43. The first kappa shape index (κ1) is 15.2. The molecule has 1 amide bonds. The molecule has 0 saturated heterocycles. The lowest BCUT2D eigenvalue weighted by Gasteiger charge is -2.26. The van der Waals surface area contributed by atoms with Gasteiger partial charge in [0, 0.05) is 16.3 Å². The number of halogens is 1. The predicted molar refractivity (Wildman–Crippen MR) is 85.3 cm³/mol. The number of methoxy groups -OCH3 is 1. The van der Waals surface area contributed by atoms with Gasteiger partial charge in [0.2, 0.25) is 0 Å². The molecule has 0 radical (unpaired) electrons.